The van der Waals surface area contributed by atoms with Crippen molar-refractivity contribution in [2.75, 3.05) is 13.1 Å². The van der Waals surface area contributed by atoms with E-state index in [2.05, 4.69) is 0 Å². The van der Waals surface area contributed by atoms with E-state index in [9.17, 15) is 4.79 Å². The van der Waals surface area contributed by atoms with Gasteiger partial charge in [0.2, 0.25) is 0 Å². The van der Waals surface area contributed by atoms with E-state index in [1.807, 2.05) is 36.6 Å². The highest BCUT2D eigenvalue weighted by Gasteiger charge is 2.23. The van der Waals surface area contributed by atoms with Crippen LogP contribution in [0.4, 0.5) is 4.79 Å². The Hall–Kier alpha value is -1.32. The number of amides is 1. The fraction of sp³-hybridized carbons (Fsp3) is 0.636. The second-order valence-corrected chi connectivity index (χ2v) is 3.46. The Morgan fingerprint density at radius 1 is 1.27 bits per heavy atom. The van der Waals surface area contributed by atoms with Crippen LogP contribution in [0.5, 0.6) is 0 Å². The molecule has 0 unspecified atom stereocenters. The Morgan fingerprint density at radius 2 is 1.87 bits per heavy atom. The zero-order valence-corrected chi connectivity index (χ0v) is 9.81. The van der Waals surface area contributed by atoms with Crippen LogP contribution < -0.4 is 4.57 Å². The Morgan fingerprint density at radius 3 is 2.33 bits per heavy atom. The molecule has 1 aromatic rings. The number of rotatable bonds is 0. The van der Waals surface area contributed by atoms with Gasteiger partial charge in [-0.15, -0.1) is 0 Å². The van der Waals surface area contributed by atoms with E-state index < -0.39 is 0 Å². The van der Waals surface area contributed by atoms with E-state index >= 15 is 0 Å². The molecule has 0 radical (unpaired) electrons. The van der Waals surface area contributed by atoms with Gasteiger partial charge < -0.3 is 4.90 Å². The molecule has 1 amide bonds. The fourth-order valence-corrected chi connectivity index (χ4v) is 1.64. The first-order valence-electron chi connectivity index (χ1n) is 5.60. The Labute approximate surface area is 91.1 Å². The summed E-state index contributed by atoms with van der Waals surface area (Å²) in [6.45, 7) is 5.81. The summed E-state index contributed by atoms with van der Waals surface area (Å²) in [6, 6.07) is 0.0955. The van der Waals surface area contributed by atoms with Gasteiger partial charge in [0.25, 0.3) is 6.33 Å². The molecule has 0 saturated carbocycles. The smallest absolute Gasteiger partial charge is 0.304 e. The molecule has 0 spiro atoms. The molecule has 15 heavy (non-hydrogen) atoms. The lowest BCUT2D eigenvalue weighted by Gasteiger charge is -2.10. The van der Waals surface area contributed by atoms with Crippen molar-refractivity contribution < 1.29 is 9.36 Å². The van der Waals surface area contributed by atoms with Crippen molar-refractivity contribution in [3.05, 3.63) is 18.7 Å². The Balaban J connectivity index is 0.000000531. The molecular weight excluding hydrogens is 190 g/mol. The Bertz CT molecular complexity index is 313. The molecule has 1 fully saturated rings. The topological polar surface area (TPSA) is 29.1 Å². The van der Waals surface area contributed by atoms with Crippen LogP contribution in [-0.2, 0) is 7.05 Å². The minimum Gasteiger partial charge on any atom is -0.304 e. The normalized spacial score (nSPS) is 14.7. The number of nitrogens with zero attached hydrogens (tertiary/aromatic N) is 3. The molecule has 1 aromatic heterocycles. The summed E-state index contributed by atoms with van der Waals surface area (Å²) in [4.78, 5) is 13.6. The first kappa shape index (κ1) is 11.8. The lowest BCUT2D eigenvalue weighted by molar-refractivity contribution is -0.670. The fourth-order valence-electron chi connectivity index (χ4n) is 1.64. The molecule has 0 atom stereocenters. The van der Waals surface area contributed by atoms with Crippen molar-refractivity contribution in [2.45, 2.75) is 26.7 Å². The molecule has 2 rings (SSSR count). The zero-order valence-electron chi connectivity index (χ0n) is 9.81. The van der Waals surface area contributed by atoms with Crippen LogP contribution in [0, 0.1) is 0 Å². The summed E-state index contributed by atoms with van der Waals surface area (Å²) >= 11 is 0. The largest absolute Gasteiger partial charge is 0.415 e. The third-order valence-corrected chi connectivity index (χ3v) is 2.37. The number of carbonyl (C=O) groups excluding carboxylic acids is 1. The van der Waals surface area contributed by atoms with Crippen LogP contribution >= 0.6 is 0 Å². The minimum atomic E-state index is 0.0955. The first-order valence-corrected chi connectivity index (χ1v) is 5.60. The van der Waals surface area contributed by atoms with Crippen LogP contribution in [0.25, 0.3) is 0 Å². The third-order valence-electron chi connectivity index (χ3n) is 2.37. The van der Waals surface area contributed by atoms with Crippen LogP contribution in [0.3, 0.4) is 0 Å². The highest BCUT2D eigenvalue weighted by atomic mass is 16.2. The van der Waals surface area contributed by atoms with Gasteiger partial charge in [0.05, 0.1) is 7.05 Å². The highest BCUT2D eigenvalue weighted by molar-refractivity contribution is 5.76. The average Bonchev–Trinajstić information content (AvgIpc) is 2.90. The second kappa shape index (κ2) is 5.53. The highest BCUT2D eigenvalue weighted by Crippen LogP contribution is 2.08. The number of hydrogen-bond acceptors (Lipinski definition) is 1. The van der Waals surface area contributed by atoms with Gasteiger partial charge in [0, 0.05) is 13.1 Å². The van der Waals surface area contributed by atoms with Crippen molar-refractivity contribution in [1.82, 2.24) is 9.47 Å². The average molecular weight is 210 g/mol. The number of aromatic nitrogens is 2. The lowest BCUT2D eigenvalue weighted by atomic mass is 10.4. The maximum Gasteiger partial charge on any atom is 0.415 e. The molecular formula is C11H20N3O+. The minimum absolute atomic E-state index is 0.0955. The van der Waals surface area contributed by atoms with Gasteiger partial charge in [-0.25, -0.2) is 9.36 Å². The molecule has 1 aliphatic heterocycles. The molecule has 0 N–H and O–H groups in total. The van der Waals surface area contributed by atoms with Crippen molar-refractivity contribution in [3.63, 3.8) is 0 Å². The standard InChI is InChI=1S/C9H14N3O.C2H6/c1-10-6-7-12(8-10)9(13)11-4-2-3-5-11;1-2/h6-8H,2-5H2,1H3;1-2H3/q+1;. The van der Waals surface area contributed by atoms with Crippen molar-refractivity contribution in [3.8, 4) is 0 Å². The van der Waals surface area contributed by atoms with Crippen LogP contribution in [0.1, 0.15) is 26.7 Å². The predicted octanol–water partition coefficient (Wildman–Crippen LogP) is 1.40. The van der Waals surface area contributed by atoms with Crippen molar-refractivity contribution in [2.24, 2.45) is 7.05 Å². The zero-order chi connectivity index (χ0) is 11.3. The van der Waals surface area contributed by atoms with Gasteiger partial charge in [-0.3, -0.25) is 0 Å². The SMILES string of the molecule is CC.C[n+]1ccn(C(=O)N2CCCC2)c1. The molecule has 4 heteroatoms. The van der Waals surface area contributed by atoms with E-state index in [4.69, 9.17) is 0 Å². The Kier molecular flexibility index (Phi) is 4.34. The number of imidazole rings is 1. The number of carbonyl (C=O) groups is 1. The predicted molar refractivity (Wildman–Crippen MR) is 58.6 cm³/mol. The van der Waals surface area contributed by atoms with E-state index in [1.54, 1.807) is 17.1 Å². The van der Waals surface area contributed by atoms with Gasteiger partial charge in [-0.1, -0.05) is 13.8 Å². The molecule has 84 valence electrons. The first-order chi connectivity index (χ1) is 7.27. The second-order valence-electron chi connectivity index (χ2n) is 3.46. The molecule has 2 heterocycles. The van der Waals surface area contributed by atoms with Crippen LogP contribution in [0.15, 0.2) is 18.7 Å². The molecule has 0 aromatic carbocycles. The number of likely N-dealkylation sites (tertiary alicyclic amines) is 1. The van der Waals surface area contributed by atoms with E-state index in [-0.39, 0.29) is 6.03 Å². The lowest BCUT2D eigenvalue weighted by Crippen LogP contribution is -2.33. The molecule has 0 bridgehead atoms. The number of hydrogen-bond donors (Lipinski definition) is 0. The summed E-state index contributed by atoms with van der Waals surface area (Å²) in [7, 11) is 1.91. The summed E-state index contributed by atoms with van der Waals surface area (Å²) < 4.78 is 3.50. The van der Waals surface area contributed by atoms with Gasteiger partial charge >= 0.3 is 6.03 Å². The molecule has 0 aliphatic carbocycles. The van der Waals surface area contributed by atoms with Crippen LogP contribution in [0.2, 0.25) is 0 Å². The van der Waals surface area contributed by atoms with Crippen LogP contribution in [-0.4, -0.2) is 28.6 Å². The monoisotopic (exact) mass is 210 g/mol. The maximum atomic E-state index is 11.7. The molecule has 1 saturated heterocycles. The number of aryl methyl sites for hydroxylation is 1. The van der Waals surface area contributed by atoms with Crippen molar-refractivity contribution in [1.29, 1.82) is 0 Å². The maximum absolute atomic E-state index is 11.7. The van der Waals surface area contributed by atoms with Gasteiger partial charge in [0.15, 0.2) is 0 Å². The summed E-state index contributed by atoms with van der Waals surface area (Å²) in [5.74, 6) is 0. The van der Waals surface area contributed by atoms with Gasteiger partial charge in [0.1, 0.15) is 12.4 Å². The van der Waals surface area contributed by atoms with Gasteiger partial charge in [-0.05, 0) is 12.8 Å². The van der Waals surface area contributed by atoms with E-state index in [0.717, 1.165) is 25.9 Å². The summed E-state index contributed by atoms with van der Waals surface area (Å²) in [5.41, 5.74) is 0. The quantitative estimate of drug-likeness (QED) is 0.595. The van der Waals surface area contributed by atoms with Gasteiger partial charge in [-0.2, -0.15) is 4.57 Å². The van der Waals surface area contributed by atoms with E-state index in [0.29, 0.717) is 0 Å². The van der Waals surface area contributed by atoms with Crippen molar-refractivity contribution >= 4 is 6.03 Å². The summed E-state index contributed by atoms with van der Waals surface area (Å²) in [6.07, 6.45) is 7.73. The molecule has 1 aliphatic rings. The third kappa shape index (κ3) is 2.81. The van der Waals surface area contributed by atoms with E-state index in [1.165, 1.54) is 0 Å². The summed E-state index contributed by atoms with van der Waals surface area (Å²) in [5, 5.41) is 0. The molecule has 4 nitrogen and oxygen atoms in total.